The second kappa shape index (κ2) is 4.81. The van der Waals surface area contributed by atoms with E-state index in [1.54, 1.807) is 6.07 Å². The van der Waals surface area contributed by atoms with E-state index in [4.69, 9.17) is 11.6 Å². The molecule has 0 heterocycles. The highest BCUT2D eigenvalue weighted by Crippen LogP contribution is 2.38. The summed E-state index contributed by atoms with van der Waals surface area (Å²) in [5.41, 5.74) is 2.24. The molecule has 0 N–H and O–H groups in total. The molecule has 1 aromatic rings. The lowest BCUT2D eigenvalue weighted by molar-refractivity contribution is 0.320. The van der Waals surface area contributed by atoms with Gasteiger partial charge in [-0.1, -0.05) is 43.7 Å². The highest BCUT2D eigenvalue weighted by Gasteiger charge is 2.27. The minimum absolute atomic E-state index is 0.0838. The summed E-state index contributed by atoms with van der Waals surface area (Å²) in [6.45, 7) is 4.44. The second-order valence-electron chi connectivity index (χ2n) is 5.65. The van der Waals surface area contributed by atoms with Gasteiger partial charge in [-0.15, -0.1) is 11.6 Å². The fourth-order valence-electron chi connectivity index (χ4n) is 2.60. The fraction of sp³-hybridized carbons (Fsp3) is 0.467. The zero-order chi connectivity index (χ0) is 12.5. The second-order valence-corrected chi connectivity index (χ2v) is 6.21. The van der Waals surface area contributed by atoms with Crippen LogP contribution in [-0.2, 0) is 6.42 Å². The normalized spacial score (nSPS) is 23.3. The van der Waals surface area contributed by atoms with Crippen LogP contribution in [0.4, 0.5) is 4.39 Å². The molecule has 0 radical (unpaired) electrons. The van der Waals surface area contributed by atoms with Gasteiger partial charge in [0.2, 0.25) is 0 Å². The first kappa shape index (κ1) is 12.6. The van der Waals surface area contributed by atoms with Crippen LogP contribution in [0.2, 0.25) is 0 Å². The van der Waals surface area contributed by atoms with Gasteiger partial charge in [0.25, 0.3) is 0 Å². The quantitative estimate of drug-likeness (QED) is 0.528. The lowest BCUT2D eigenvalue weighted by atomic mass is 9.76. The first-order chi connectivity index (χ1) is 7.96. The molecule has 0 fully saturated rings. The van der Waals surface area contributed by atoms with E-state index in [2.05, 4.69) is 19.9 Å². The highest BCUT2D eigenvalue weighted by atomic mass is 35.5. The minimum atomic E-state index is -0.122. The Balaban J connectivity index is 2.17. The Kier molecular flexibility index (Phi) is 3.58. The summed E-state index contributed by atoms with van der Waals surface area (Å²) >= 11 is 6.23. The molecule has 2 rings (SSSR count). The number of allylic oxidation sites excluding steroid dienone is 2. The van der Waals surface area contributed by atoms with E-state index in [9.17, 15) is 4.39 Å². The molecule has 1 atom stereocenters. The van der Waals surface area contributed by atoms with Crippen molar-refractivity contribution in [3.63, 3.8) is 0 Å². The van der Waals surface area contributed by atoms with Crippen LogP contribution in [-0.4, -0.2) is 5.38 Å². The van der Waals surface area contributed by atoms with E-state index in [0.717, 1.165) is 18.4 Å². The molecule has 92 valence electrons. The Morgan fingerprint density at radius 2 is 2.06 bits per heavy atom. The predicted octanol–water partition coefficient (Wildman–Crippen LogP) is 4.72. The minimum Gasteiger partial charge on any atom is -0.207 e. The molecule has 2 heteroatoms. The Bertz CT molecular complexity index is 434. The number of alkyl halides is 1. The molecule has 0 bridgehead atoms. The van der Waals surface area contributed by atoms with Gasteiger partial charge < -0.3 is 0 Å². The first-order valence-electron chi connectivity index (χ1n) is 6.03. The smallest absolute Gasteiger partial charge is 0.126 e. The molecule has 1 aliphatic rings. The average molecular weight is 253 g/mol. The fourth-order valence-corrected chi connectivity index (χ4v) is 3.19. The van der Waals surface area contributed by atoms with Crippen molar-refractivity contribution in [3.05, 3.63) is 47.3 Å². The largest absolute Gasteiger partial charge is 0.207 e. The van der Waals surface area contributed by atoms with Gasteiger partial charge in [-0.05, 0) is 36.3 Å². The monoisotopic (exact) mass is 252 g/mol. The third-order valence-electron chi connectivity index (χ3n) is 3.25. The van der Waals surface area contributed by atoms with E-state index in [-0.39, 0.29) is 16.6 Å². The van der Waals surface area contributed by atoms with Gasteiger partial charge >= 0.3 is 0 Å². The van der Waals surface area contributed by atoms with Crippen LogP contribution in [0.15, 0.2) is 35.9 Å². The molecule has 0 saturated carbocycles. The lowest BCUT2D eigenvalue weighted by Gasteiger charge is -2.32. The lowest BCUT2D eigenvalue weighted by Crippen LogP contribution is -2.23. The molecule has 0 amide bonds. The standard InChI is InChI=1S/C15H18ClF/c1-15(2)9-11(8-13(16)10-15)7-12-5-3-4-6-14(12)17/h3-6,8,13H,7,9-10H2,1-2H3. The summed E-state index contributed by atoms with van der Waals surface area (Å²) < 4.78 is 13.6. The maximum atomic E-state index is 13.6. The summed E-state index contributed by atoms with van der Waals surface area (Å²) in [6.07, 6.45) is 4.78. The van der Waals surface area contributed by atoms with Gasteiger partial charge in [-0.2, -0.15) is 0 Å². The van der Waals surface area contributed by atoms with Crippen molar-refractivity contribution in [2.45, 2.75) is 38.5 Å². The van der Waals surface area contributed by atoms with E-state index in [1.165, 1.54) is 11.6 Å². The average Bonchev–Trinajstić information content (AvgIpc) is 2.18. The topological polar surface area (TPSA) is 0 Å². The summed E-state index contributed by atoms with van der Waals surface area (Å²) in [4.78, 5) is 0. The van der Waals surface area contributed by atoms with E-state index >= 15 is 0 Å². The molecule has 0 nitrogen and oxygen atoms in total. The number of hydrogen-bond donors (Lipinski definition) is 0. The molecule has 17 heavy (non-hydrogen) atoms. The van der Waals surface area contributed by atoms with Crippen LogP contribution in [0.3, 0.4) is 0 Å². The number of benzene rings is 1. The van der Waals surface area contributed by atoms with E-state index in [1.807, 2.05) is 12.1 Å². The summed E-state index contributed by atoms with van der Waals surface area (Å²) in [6, 6.07) is 6.97. The molecule has 1 aliphatic carbocycles. The van der Waals surface area contributed by atoms with Crippen LogP contribution in [0.5, 0.6) is 0 Å². The van der Waals surface area contributed by atoms with E-state index in [0.29, 0.717) is 6.42 Å². The van der Waals surface area contributed by atoms with Crippen LogP contribution >= 0.6 is 11.6 Å². The van der Waals surface area contributed by atoms with Crippen LogP contribution in [0.25, 0.3) is 0 Å². The third kappa shape index (κ3) is 3.32. The van der Waals surface area contributed by atoms with Gasteiger partial charge in [-0.3, -0.25) is 0 Å². The maximum Gasteiger partial charge on any atom is 0.126 e. The van der Waals surface area contributed by atoms with Crippen molar-refractivity contribution < 1.29 is 4.39 Å². The molecule has 1 unspecified atom stereocenters. The van der Waals surface area contributed by atoms with Crippen LogP contribution in [0.1, 0.15) is 32.3 Å². The summed E-state index contributed by atoms with van der Waals surface area (Å²) in [7, 11) is 0. The summed E-state index contributed by atoms with van der Waals surface area (Å²) in [5, 5.41) is 0.0838. The number of halogens is 2. The third-order valence-corrected chi connectivity index (χ3v) is 3.53. The number of hydrogen-bond acceptors (Lipinski definition) is 0. The Hall–Kier alpha value is -0.820. The molecule has 0 spiro atoms. The van der Waals surface area contributed by atoms with Crippen molar-refractivity contribution in [2.24, 2.45) is 5.41 Å². The van der Waals surface area contributed by atoms with Gasteiger partial charge in [0.1, 0.15) is 5.82 Å². The molecule has 0 aromatic heterocycles. The zero-order valence-electron chi connectivity index (χ0n) is 10.3. The Morgan fingerprint density at radius 1 is 1.35 bits per heavy atom. The van der Waals surface area contributed by atoms with Gasteiger partial charge in [0.05, 0.1) is 5.38 Å². The predicted molar refractivity (Wildman–Crippen MR) is 70.8 cm³/mol. The van der Waals surface area contributed by atoms with E-state index < -0.39 is 0 Å². The van der Waals surface area contributed by atoms with Gasteiger partial charge in [0.15, 0.2) is 0 Å². The van der Waals surface area contributed by atoms with Crippen molar-refractivity contribution in [3.8, 4) is 0 Å². The first-order valence-corrected chi connectivity index (χ1v) is 6.47. The van der Waals surface area contributed by atoms with Crippen molar-refractivity contribution in [2.75, 3.05) is 0 Å². The number of rotatable bonds is 2. The van der Waals surface area contributed by atoms with Gasteiger partial charge in [-0.25, -0.2) is 4.39 Å². The van der Waals surface area contributed by atoms with Crippen LogP contribution < -0.4 is 0 Å². The van der Waals surface area contributed by atoms with Crippen molar-refractivity contribution in [1.29, 1.82) is 0 Å². The summed E-state index contributed by atoms with van der Waals surface area (Å²) in [5.74, 6) is -0.122. The maximum absolute atomic E-state index is 13.6. The Labute approximate surface area is 107 Å². The molecule has 0 saturated heterocycles. The molecule has 0 aliphatic heterocycles. The van der Waals surface area contributed by atoms with Gasteiger partial charge in [0, 0.05) is 0 Å². The SMILES string of the molecule is CC1(C)CC(Cc2ccccc2F)=CC(Cl)C1. The van der Waals surface area contributed by atoms with Crippen molar-refractivity contribution >= 4 is 11.6 Å². The molecule has 1 aromatic carbocycles. The van der Waals surface area contributed by atoms with Crippen LogP contribution in [0, 0.1) is 11.2 Å². The zero-order valence-corrected chi connectivity index (χ0v) is 11.1. The molecular formula is C15H18ClF. The highest BCUT2D eigenvalue weighted by molar-refractivity contribution is 6.21. The van der Waals surface area contributed by atoms with Crippen molar-refractivity contribution in [1.82, 2.24) is 0 Å². The Morgan fingerprint density at radius 3 is 2.71 bits per heavy atom. The molecular weight excluding hydrogens is 235 g/mol.